The fourth-order valence-electron chi connectivity index (χ4n) is 2.64. The zero-order valence-corrected chi connectivity index (χ0v) is 14.9. The van der Waals surface area contributed by atoms with Gasteiger partial charge in [-0.05, 0) is 50.3 Å². The number of hydrogen-bond donors (Lipinski definition) is 4. The Morgan fingerprint density at radius 1 is 1.33 bits per heavy atom. The lowest BCUT2D eigenvalue weighted by Crippen LogP contribution is -2.38. The van der Waals surface area contributed by atoms with Gasteiger partial charge in [-0.15, -0.1) is 0 Å². The number of amidine groups is 1. The third-order valence-electron chi connectivity index (χ3n) is 3.85. The van der Waals surface area contributed by atoms with Gasteiger partial charge in [0.05, 0.1) is 5.70 Å². The molecule has 5 N–H and O–H groups in total. The summed E-state index contributed by atoms with van der Waals surface area (Å²) in [6.45, 7) is 3.34. The van der Waals surface area contributed by atoms with Gasteiger partial charge in [-0.1, -0.05) is 12.1 Å². The molecule has 1 aromatic carbocycles. The molecule has 1 aromatic rings. The number of halogens is 1. The van der Waals surface area contributed by atoms with Crippen LogP contribution in [0.15, 0.2) is 70.8 Å². The van der Waals surface area contributed by atoms with Crippen molar-refractivity contribution in [3.05, 3.63) is 77.2 Å². The Bertz CT molecular complexity index is 970. The lowest BCUT2D eigenvalue weighted by atomic mass is 10.1. The first-order valence-corrected chi connectivity index (χ1v) is 8.19. The maximum Gasteiger partial charge on any atom is 0.299 e. The van der Waals surface area contributed by atoms with Gasteiger partial charge in [0, 0.05) is 17.0 Å². The van der Waals surface area contributed by atoms with Crippen molar-refractivity contribution in [2.75, 3.05) is 0 Å². The van der Waals surface area contributed by atoms with Crippen LogP contribution in [0, 0.1) is 11.2 Å². The van der Waals surface area contributed by atoms with E-state index in [1.807, 2.05) is 0 Å². The molecule has 7 nitrogen and oxygen atoms in total. The highest BCUT2D eigenvalue weighted by molar-refractivity contribution is 6.08. The van der Waals surface area contributed by atoms with Crippen molar-refractivity contribution in [3.63, 3.8) is 0 Å². The lowest BCUT2D eigenvalue weighted by molar-refractivity contribution is -0.115. The first-order valence-electron chi connectivity index (χ1n) is 8.19. The summed E-state index contributed by atoms with van der Waals surface area (Å²) in [5, 5.41) is 12.0. The first kappa shape index (κ1) is 18.1. The van der Waals surface area contributed by atoms with Crippen LogP contribution in [0.3, 0.4) is 0 Å². The predicted octanol–water partition coefficient (Wildman–Crippen LogP) is 2.14. The molecular formula is C19H19FN6O. The summed E-state index contributed by atoms with van der Waals surface area (Å²) in [5.41, 5.74) is 11.3. The Balaban J connectivity index is 1.85. The van der Waals surface area contributed by atoms with E-state index in [-0.39, 0.29) is 17.3 Å². The van der Waals surface area contributed by atoms with E-state index in [1.54, 1.807) is 43.1 Å². The maximum absolute atomic E-state index is 13.5. The zero-order chi connectivity index (χ0) is 19.6. The van der Waals surface area contributed by atoms with Crippen molar-refractivity contribution in [3.8, 4) is 0 Å². The Hall–Kier alpha value is -3.68. The molecule has 1 amide bonds. The van der Waals surface area contributed by atoms with Crippen LogP contribution in [0.25, 0.3) is 5.70 Å². The van der Waals surface area contributed by atoms with Gasteiger partial charge in [-0.25, -0.2) is 9.40 Å². The number of nitrogens with one attached hydrogen (secondary N) is 3. The second-order valence-electron chi connectivity index (χ2n) is 6.05. The van der Waals surface area contributed by atoms with Crippen LogP contribution in [0.1, 0.15) is 19.4 Å². The van der Waals surface area contributed by atoms with Gasteiger partial charge in [0.2, 0.25) is 0 Å². The molecule has 138 valence electrons. The number of fused-ring (bicyclic) bond motifs is 1. The zero-order valence-electron chi connectivity index (χ0n) is 14.9. The summed E-state index contributed by atoms with van der Waals surface area (Å²) in [4.78, 5) is 16.5. The van der Waals surface area contributed by atoms with Gasteiger partial charge in [0.25, 0.3) is 5.91 Å². The molecule has 0 aliphatic carbocycles. The van der Waals surface area contributed by atoms with Crippen LogP contribution in [-0.4, -0.2) is 22.5 Å². The molecule has 3 rings (SSSR count). The van der Waals surface area contributed by atoms with E-state index in [9.17, 15) is 9.18 Å². The molecular weight excluding hydrogens is 347 g/mol. The molecule has 0 saturated heterocycles. The summed E-state index contributed by atoms with van der Waals surface area (Å²) in [7, 11) is 0. The lowest BCUT2D eigenvalue weighted by Gasteiger charge is -2.27. The third kappa shape index (κ3) is 3.95. The number of allylic oxidation sites excluding steroid dienone is 4. The Morgan fingerprint density at radius 2 is 2.11 bits per heavy atom. The minimum absolute atomic E-state index is 0.00207. The maximum atomic E-state index is 13.5. The number of rotatable bonds is 4. The van der Waals surface area contributed by atoms with Crippen LogP contribution >= 0.6 is 0 Å². The molecule has 2 aliphatic rings. The SMILES string of the molecule is CC(=N)/C=C\C(N)=NC(=O)C1=C(C)NC2=CC=C(c3cccc(F)c3)NN21. The summed E-state index contributed by atoms with van der Waals surface area (Å²) >= 11 is 0. The van der Waals surface area contributed by atoms with Gasteiger partial charge in [-0.2, -0.15) is 4.99 Å². The summed E-state index contributed by atoms with van der Waals surface area (Å²) in [6, 6.07) is 6.15. The molecule has 0 bridgehead atoms. The number of benzene rings is 1. The van der Waals surface area contributed by atoms with E-state index in [2.05, 4.69) is 15.7 Å². The molecule has 0 aromatic heterocycles. The Morgan fingerprint density at radius 3 is 2.81 bits per heavy atom. The quantitative estimate of drug-likeness (QED) is 0.482. The van der Waals surface area contributed by atoms with Crippen molar-refractivity contribution in [2.24, 2.45) is 10.7 Å². The van der Waals surface area contributed by atoms with Gasteiger partial charge in [0.1, 0.15) is 17.5 Å². The summed E-state index contributed by atoms with van der Waals surface area (Å²) < 4.78 is 13.5. The molecule has 8 heteroatoms. The fourth-order valence-corrected chi connectivity index (χ4v) is 2.64. The number of carbonyl (C=O) groups excluding carboxylic acids is 1. The van der Waals surface area contributed by atoms with E-state index in [4.69, 9.17) is 11.1 Å². The number of nitrogens with zero attached hydrogens (tertiary/aromatic N) is 2. The van der Waals surface area contributed by atoms with Crippen molar-refractivity contribution in [2.45, 2.75) is 13.8 Å². The van der Waals surface area contributed by atoms with Crippen LogP contribution in [-0.2, 0) is 4.79 Å². The van der Waals surface area contributed by atoms with E-state index in [0.717, 1.165) is 0 Å². The van der Waals surface area contributed by atoms with Gasteiger partial charge in [-0.3, -0.25) is 10.2 Å². The van der Waals surface area contributed by atoms with Crippen molar-refractivity contribution in [1.29, 1.82) is 5.41 Å². The topological polar surface area (TPSA) is 107 Å². The molecule has 0 atom stereocenters. The molecule has 27 heavy (non-hydrogen) atoms. The van der Waals surface area contributed by atoms with Gasteiger partial charge in [0.15, 0.2) is 5.70 Å². The van der Waals surface area contributed by atoms with E-state index in [0.29, 0.717) is 28.5 Å². The average molecular weight is 366 g/mol. The molecule has 2 heterocycles. The average Bonchev–Trinajstić information content (AvgIpc) is 2.94. The molecule has 0 unspecified atom stereocenters. The van der Waals surface area contributed by atoms with Gasteiger partial charge < -0.3 is 16.5 Å². The van der Waals surface area contributed by atoms with E-state index in [1.165, 1.54) is 24.3 Å². The molecule has 0 spiro atoms. The molecule has 0 radical (unpaired) electrons. The van der Waals surface area contributed by atoms with Crippen molar-refractivity contribution in [1.82, 2.24) is 15.8 Å². The van der Waals surface area contributed by atoms with Crippen LogP contribution < -0.4 is 16.5 Å². The number of amides is 1. The number of nitrogens with two attached hydrogens (primary N) is 1. The standard InChI is InChI=1S/C19H19FN6O/c1-11(21)6-8-16(22)24-19(27)18-12(2)23-17-9-7-15(25-26(17)18)13-4-3-5-14(20)10-13/h3-10,21,23,25H,1-2H3,(H2,22,24,27)/b8-6-,21-11?. The van der Waals surface area contributed by atoms with Crippen LogP contribution in [0.2, 0.25) is 0 Å². The van der Waals surface area contributed by atoms with Crippen LogP contribution in [0.4, 0.5) is 4.39 Å². The van der Waals surface area contributed by atoms with E-state index < -0.39 is 5.91 Å². The largest absolute Gasteiger partial charge is 0.384 e. The highest BCUT2D eigenvalue weighted by Gasteiger charge is 2.32. The number of hydrogen-bond acceptors (Lipinski definition) is 5. The number of aliphatic imine (C=N–C) groups is 1. The molecule has 0 saturated carbocycles. The second-order valence-corrected chi connectivity index (χ2v) is 6.05. The molecule has 0 fully saturated rings. The molecule has 2 aliphatic heterocycles. The van der Waals surface area contributed by atoms with E-state index >= 15 is 0 Å². The summed E-state index contributed by atoms with van der Waals surface area (Å²) in [5.74, 6) is -0.239. The Labute approximate surface area is 155 Å². The second kappa shape index (κ2) is 7.28. The van der Waals surface area contributed by atoms with Crippen LogP contribution in [0.5, 0.6) is 0 Å². The fraction of sp³-hybridized carbons (Fsp3) is 0.105. The third-order valence-corrected chi connectivity index (χ3v) is 3.85. The van der Waals surface area contributed by atoms with Gasteiger partial charge >= 0.3 is 0 Å². The highest BCUT2D eigenvalue weighted by atomic mass is 19.1. The minimum atomic E-state index is -0.541. The minimum Gasteiger partial charge on any atom is -0.384 e. The summed E-state index contributed by atoms with van der Waals surface area (Å²) in [6.07, 6.45) is 6.43. The smallest absolute Gasteiger partial charge is 0.299 e. The Kier molecular flexibility index (Phi) is 4.89. The monoisotopic (exact) mass is 366 g/mol. The number of carbonyl (C=O) groups is 1. The van der Waals surface area contributed by atoms with Crippen molar-refractivity contribution < 1.29 is 9.18 Å². The first-order chi connectivity index (χ1) is 12.8. The normalized spacial score (nSPS) is 16.6. The predicted molar refractivity (Wildman–Crippen MR) is 102 cm³/mol. The van der Waals surface area contributed by atoms with Crippen molar-refractivity contribution >= 4 is 23.2 Å². The highest BCUT2D eigenvalue weighted by Crippen LogP contribution is 2.27. The number of hydrazine groups is 1.